The average molecular weight is 208 g/mol. The first-order chi connectivity index (χ1) is 5.65. The van der Waals surface area contributed by atoms with Crippen LogP contribution in [0.3, 0.4) is 0 Å². The first-order valence-corrected chi connectivity index (χ1v) is 3.56. The first-order valence-electron chi connectivity index (χ1n) is 2.87. The molecule has 0 saturated heterocycles. The Morgan fingerprint density at radius 2 is 2.17 bits per heavy atom. The van der Waals surface area contributed by atoms with Crippen LogP contribution in [-0.4, -0.2) is 4.92 Å². The summed E-state index contributed by atoms with van der Waals surface area (Å²) >= 11 is 10.5. The van der Waals surface area contributed by atoms with E-state index in [0.717, 1.165) is 0 Å². The third kappa shape index (κ3) is 1.78. The van der Waals surface area contributed by atoms with Crippen LogP contribution in [0.15, 0.2) is 18.2 Å². The van der Waals surface area contributed by atoms with Crippen LogP contribution in [-0.2, 0) is 0 Å². The Balaban J connectivity index is 3.21. The molecule has 0 N–H and O–H groups in total. The molecule has 0 bridgehead atoms. The summed E-state index contributed by atoms with van der Waals surface area (Å²) in [6.45, 7) is 0. The van der Waals surface area contributed by atoms with Gasteiger partial charge in [0.15, 0.2) is 0 Å². The van der Waals surface area contributed by atoms with Crippen molar-refractivity contribution in [3.63, 3.8) is 0 Å². The minimum Gasteiger partial charge on any atom is -0.378 e. The second kappa shape index (κ2) is 3.60. The molecule has 1 rings (SSSR count). The zero-order chi connectivity index (χ0) is 9.14. The number of rotatable bonds is 2. The van der Waals surface area contributed by atoms with E-state index in [1.807, 2.05) is 0 Å². The molecule has 0 amide bonds. The molecule has 0 heterocycles. The van der Waals surface area contributed by atoms with Gasteiger partial charge in [-0.15, -0.1) is 0 Å². The SMILES string of the molecule is O=[N+]([O-])c1cc(Cl)ccc1OCl. The summed E-state index contributed by atoms with van der Waals surface area (Å²) in [4.78, 5) is 9.72. The van der Waals surface area contributed by atoms with Crippen molar-refractivity contribution in [1.82, 2.24) is 0 Å². The molecule has 0 atom stereocenters. The normalized spacial score (nSPS) is 9.50. The predicted octanol–water partition coefficient (Wildman–Crippen LogP) is 2.78. The molecule has 0 spiro atoms. The quantitative estimate of drug-likeness (QED) is 0.554. The lowest BCUT2D eigenvalue weighted by Crippen LogP contribution is -1.90. The molecule has 64 valence electrons. The predicted molar refractivity (Wildman–Crippen MR) is 44.6 cm³/mol. The zero-order valence-electron chi connectivity index (χ0n) is 5.66. The van der Waals surface area contributed by atoms with Crippen LogP contribution >= 0.6 is 23.5 Å². The fraction of sp³-hybridized carbons (Fsp3) is 0. The lowest BCUT2D eigenvalue weighted by molar-refractivity contribution is -0.385. The van der Waals surface area contributed by atoms with Gasteiger partial charge in [-0.1, -0.05) is 11.6 Å². The first kappa shape index (κ1) is 9.09. The van der Waals surface area contributed by atoms with Crippen molar-refractivity contribution in [1.29, 1.82) is 0 Å². The molecular weight excluding hydrogens is 205 g/mol. The van der Waals surface area contributed by atoms with E-state index >= 15 is 0 Å². The lowest BCUT2D eigenvalue weighted by Gasteiger charge is -1.97. The summed E-state index contributed by atoms with van der Waals surface area (Å²) in [6.07, 6.45) is 0. The molecule has 4 nitrogen and oxygen atoms in total. The molecule has 0 fully saturated rings. The highest BCUT2D eigenvalue weighted by Crippen LogP contribution is 2.30. The fourth-order valence-corrected chi connectivity index (χ4v) is 0.995. The molecule has 1 aromatic rings. The Kier molecular flexibility index (Phi) is 2.73. The second-order valence-corrected chi connectivity index (χ2v) is 2.54. The van der Waals surface area contributed by atoms with Gasteiger partial charge in [0, 0.05) is 11.1 Å². The minimum atomic E-state index is -0.621. The molecule has 0 aliphatic rings. The maximum atomic E-state index is 10.3. The van der Waals surface area contributed by atoms with Gasteiger partial charge in [-0.25, -0.2) is 0 Å². The van der Waals surface area contributed by atoms with Gasteiger partial charge in [0.25, 0.3) is 0 Å². The number of nitro benzene ring substituents is 1. The Morgan fingerprint density at radius 1 is 1.50 bits per heavy atom. The van der Waals surface area contributed by atoms with E-state index in [1.165, 1.54) is 18.2 Å². The third-order valence-electron chi connectivity index (χ3n) is 1.20. The topological polar surface area (TPSA) is 52.4 Å². The van der Waals surface area contributed by atoms with Crippen molar-refractivity contribution in [2.45, 2.75) is 0 Å². The molecule has 0 radical (unpaired) electrons. The van der Waals surface area contributed by atoms with E-state index in [9.17, 15) is 10.1 Å². The van der Waals surface area contributed by atoms with Crippen molar-refractivity contribution >= 4 is 29.2 Å². The number of nitro groups is 1. The van der Waals surface area contributed by atoms with Crippen LogP contribution in [0.4, 0.5) is 5.69 Å². The maximum absolute atomic E-state index is 10.3. The highest BCUT2D eigenvalue weighted by atomic mass is 35.5. The minimum absolute atomic E-state index is 0.0222. The monoisotopic (exact) mass is 207 g/mol. The summed E-state index contributed by atoms with van der Waals surface area (Å²) in [5, 5.41) is 10.6. The Bertz CT molecular complexity index is 316. The van der Waals surface area contributed by atoms with Gasteiger partial charge in [-0.3, -0.25) is 10.1 Å². The molecule has 0 aliphatic carbocycles. The van der Waals surface area contributed by atoms with Crippen molar-refractivity contribution in [3.8, 4) is 5.75 Å². The smallest absolute Gasteiger partial charge is 0.314 e. The van der Waals surface area contributed by atoms with Gasteiger partial charge in [0.1, 0.15) is 11.9 Å². The largest absolute Gasteiger partial charge is 0.378 e. The summed E-state index contributed by atoms with van der Waals surface area (Å²) in [5.74, 6) is -0.0222. The van der Waals surface area contributed by atoms with Gasteiger partial charge >= 0.3 is 5.69 Å². The second-order valence-electron chi connectivity index (χ2n) is 1.95. The van der Waals surface area contributed by atoms with E-state index < -0.39 is 4.92 Å². The lowest BCUT2D eigenvalue weighted by atomic mass is 10.3. The van der Waals surface area contributed by atoms with Crippen molar-refractivity contribution in [3.05, 3.63) is 33.3 Å². The molecule has 0 aliphatic heterocycles. The van der Waals surface area contributed by atoms with Crippen molar-refractivity contribution < 1.29 is 9.21 Å². The van der Waals surface area contributed by atoms with Crippen molar-refractivity contribution in [2.75, 3.05) is 0 Å². The number of hydrogen-bond acceptors (Lipinski definition) is 3. The van der Waals surface area contributed by atoms with E-state index in [0.29, 0.717) is 0 Å². The highest BCUT2D eigenvalue weighted by molar-refractivity contribution is 6.30. The van der Waals surface area contributed by atoms with E-state index in [-0.39, 0.29) is 16.5 Å². The number of benzene rings is 1. The standard InChI is InChI=1S/C6H3Cl2NO3/c7-4-1-2-6(12-8)5(3-4)9(10)11/h1-3H. The van der Waals surface area contributed by atoms with Crippen LogP contribution in [0.5, 0.6) is 5.75 Å². The summed E-state index contributed by atoms with van der Waals surface area (Å²) < 4.78 is 4.23. The highest BCUT2D eigenvalue weighted by Gasteiger charge is 2.15. The molecule has 6 heteroatoms. The number of nitrogens with zero attached hydrogens (tertiary/aromatic N) is 1. The molecule has 0 aromatic heterocycles. The van der Waals surface area contributed by atoms with Gasteiger partial charge in [0.05, 0.1) is 4.92 Å². The molecule has 0 unspecified atom stereocenters. The van der Waals surface area contributed by atoms with Crippen LogP contribution in [0.2, 0.25) is 5.02 Å². The van der Waals surface area contributed by atoms with Crippen LogP contribution < -0.4 is 4.29 Å². The molecule has 0 saturated carbocycles. The van der Waals surface area contributed by atoms with E-state index in [1.54, 1.807) is 0 Å². The molecule has 12 heavy (non-hydrogen) atoms. The van der Waals surface area contributed by atoms with Crippen LogP contribution in [0.25, 0.3) is 0 Å². The summed E-state index contributed by atoms with van der Waals surface area (Å²) in [5.41, 5.74) is -0.252. The molecular formula is C6H3Cl2NO3. The average Bonchev–Trinajstić information content (AvgIpc) is 2.04. The fourth-order valence-electron chi connectivity index (χ4n) is 0.698. The molecule has 1 aromatic carbocycles. The van der Waals surface area contributed by atoms with Gasteiger partial charge < -0.3 is 4.29 Å². The maximum Gasteiger partial charge on any atom is 0.314 e. The Labute approximate surface area is 78.0 Å². The summed E-state index contributed by atoms with van der Waals surface area (Å²) in [6, 6.07) is 3.94. The zero-order valence-corrected chi connectivity index (χ0v) is 7.17. The number of hydrogen-bond donors (Lipinski definition) is 0. The Hall–Kier alpha value is -1.00. The van der Waals surface area contributed by atoms with E-state index in [2.05, 4.69) is 4.29 Å². The van der Waals surface area contributed by atoms with Crippen LogP contribution in [0.1, 0.15) is 0 Å². The Morgan fingerprint density at radius 3 is 2.67 bits per heavy atom. The van der Waals surface area contributed by atoms with E-state index in [4.69, 9.17) is 23.5 Å². The summed E-state index contributed by atoms with van der Waals surface area (Å²) in [7, 11) is 0. The van der Waals surface area contributed by atoms with Gasteiger partial charge in [-0.05, 0) is 12.1 Å². The third-order valence-corrected chi connectivity index (χ3v) is 1.60. The van der Waals surface area contributed by atoms with Crippen LogP contribution in [0, 0.1) is 10.1 Å². The van der Waals surface area contributed by atoms with Gasteiger partial charge in [-0.2, -0.15) is 0 Å². The van der Waals surface area contributed by atoms with Gasteiger partial charge in [0.2, 0.25) is 5.75 Å². The number of halogens is 2. The van der Waals surface area contributed by atoms with Crippen molar-refractivity contribution in [2.24, 2.45) is 0 Å².